The summed E-state index contributed by atoms with van der Waals surface area (Å²) in [4.78, 5) is 16.0. The molecular formula is C14H23N3OS. The van der Waals surface area contributed by atoms with E-state index in [1.165, 1.54) is 5.56 Å². The van der Waals surface area contributed by atoms with Crippen molar-refractivity contribution in [1.82, 2.24) is 10.3 Å². The Hall–Kier alpha value is -1.07. The number of likely N-dealkylation sites (N-methyl/N-ethyl adjacent to an activating group) is 1. The first-order chi connectivity index (χ1) is 8.76. The van der Waals surface area contributed by atoms with Crippen LogP contribution in [0.2, 0.25) is 0 Å². The SMILES string of the molecule is CNC(C)(CC(C)Sc1cc(C)cc(C)n1)C(N)=O. The molecule has 2 atom stereocenters. The van der Waals surface area contributed by atoms with E-state index in [2.05, 4.69) is 36.3 Å². The zero-order chi connectivity index (χ0) is 14.6. The molecule has 1 amide bonds. The fourth-order valence-corrected chi connectivity index (χ4v) is 3.29. The summed E-state index contributed by atoms with van der Waals surface area (Å²) in [6.07, 6.45) is 0.665. The van der Waals surface area contributed by atoms with E-state index < -0.39 is 5.54 Å². The molecule has 0 fully saturated rings. The lowest BCUT2D eigenvalue weighted by molar-refractivity contribution is -0.123. The molecule has 1 rings (SSSR count). The second kappa shape index (κ2) is 6.39. The highest BCUT2D eigenvalue weighted by molar-refractivity contribution is 7.99. The molecule has 0 aliphatic rings. The minimum absolute atomic E-state index is 0.249. The Morgan fingerprint density at radius 3 is 2.63 bits per heavy atom. The van der Waals surface area contributed by atoms with Crippen LogP contribution < -0.4 is 11.1 Å². The van der Waals surface area contributed by atoms with Crippen molar-refractivity contribution in [2.24, 2.45) is 5.73 Å². The quantitative estimate of drug-likeness (QED) is 0.783. The van der Waals surface area contributed by atoms with Crippen LogP contribution in [-0.4, -0.2) is 28.7 Å². The van der Waals surface area contributed by atoms with Crippen molar-refractivity contribution in [3.05, 3.63) is 23.4 Å². The van der Waals surface area contributed by atoms with E-state index in [-0.39, 0.29) is 11.2 Å². The van der Waals surface area contributed by atoms with Crippen LogP contribution in [0.1, 0.15) is 31.5 Å². The number of primary amides is 1. The molecule has 0 saturated carbocycles. The van der Waals surface area contributed by atoms with Gasteiger partial charge in [0.15, 0.2) is 0 Å². The largest absolute Gasteiger partial charge is 0.368 e. The first-order valence-electron chi connectivity index (χ1n) is 6.37. The number of hydrogen-bond acceptors (Lipinski definition) is 4. The van der Waals surface area contributed by atoms with E-state index in [9.17, 15) is 4.79 Å². The molecule has 4 nitrogen and oxygen atoms in total. The van der Waals surface area contributed by atoms with Gasteiger partial charge in [0.05, 0.1) is 10.6 Å². The minimum Gasteiger partial charge on any atom is -0.368 e. The Morgan fingerprint density at radius 2 is 2.16 bits per heavy atom. The third-order valence-electron chi connectivity index (χ3n) is 3.19. The highest BCUT2D eigenvalue weighted by Crippen LogP contribution is 2.28. The second-order valence-corrected chi connectivity index (χ2v) is 6.66. The molecule has 19 heavy (non-hydrogen) atoms. The summed E-state index contributed by atoms with van der Waals surface area (Å²) in [6, 6.07) is 4.12. The highest BCUT2D eigenvalue weighted by Gasteiger charge is 2.31. The molecule has 1 heterocycles. The molecular weight excluding hydrogens is 258 g/mol. The van der Waals surface area contributed by atoms with Crippen LogP contribution in [0.5, 0.6) is 0 Å². The van der Waals surface area contributed by atoms with Crippen LogP contribution in [0.25, 0.3) is 0 Å². The Bertz CT molecular complexity index is 444. The van der Waals surface area contributed by atoms with Crippen molar-refractivity contribution in [3.8, 4) is 0 Å². The van der Waals surface area contributed by atoms with Crippen LogP contribution in [0.3, 0.4) is 0 Å². The van der Waals surface area contributed by atoms with Crippen molar-refractivity contribution in [3.63, 3.8) is 0 Å². The number of carbonyl (C=O) groups excluding carboxylic acids is 1. The van der Waals surface area contributed by atoms with Crippen molar-refractivity contribution in [1.29, 1.82) is 0 Å². The second-order valence-electron chi connectivity index (χ2n) is 5.20. The van der Waals surface area contributed by atoms with Gasteiger partial charge >= 0.3 is 0 Å². The summed E-state index contributed by atoms with van der Waals surface area (Å²) in [6.45, 7) is 7.97. The molecule has 1 aromatic rings. The number of amides is 1. The molecule has 5 heteroatoms. The van der Waals surface area contributed by atoms with Gasteiger partial charge in [0.2, 0.25) is 5.91 Å². The molecule has 0 bridgehead atoms. The number of pyridine rings is 1. The molecule has 0 radical (unpaired) electrons. The molecule has 1 aromatic heterocycles. The highest BCUT2D eigenvalue weighted by atomic mass is 32.2. The Balaban J connectivity index is 2.74. The van der Waals surface area contributed by atoms with Crippen molar-refractivity contribution in [2.75, 3.05) is 7.05 Å². The van der Waals surface area contributed by atoms with Crippen LogP contribution in [0.4, 0.5) is 0 Å². The number of aromatic nitrogens is 1. The number of rotatable bonds is 6. The van der Waals surface area contributed by atoms with Gasteiger partial charge in [0, 0.05) is 10.9 Å². The fourth-order valence-electron chi connectivity index (χ4n) is 2.01. The Labute approximate surface area is 119 Å². The van der Waals surface area contributed by atoms with E-state index in [0.717, 1.165) is 10.7 Å². The number of nitrogens with two attached hydrogens (primary N) is 1. The van der Waals surface area contributed by atoms with Crippen LogP contribution in [-0.2, 0) is 4.79 Å². The van der Waals surface area contributed by atoms with Gasteiger partial charge in [-0.05, 0) is 51.9 Å². The number of hydrogen-bond donors (Lipinski definition) is 2. The van der Waals surface area contributed by atoms with Gasteiger partial charge in [0.25, 0.3) is 0 Å². The number of nitrogens with one attached hydrogen (secondary N) is 1. The molecule has 0 spiro atoms. The maximum Gasteiger partial charge on any atom is 0.237 e. The summed E-state index contributed by atoms with van der Waals surface area (Å²) < 4.78 is 0. The van der Waals surface area contributed by atoms with Gasteiger partial charge in [0.1, 0.15) is 0 Å². The van der Waals surface area contributed by atoms with Crippen molar-refractivity contribution >= 4 is 17.7 Å². The Morgan fingerprint density at radius 1 is 1.53 bits per heavy atom. The topological polar surface area (TPSA) is 68.0 Å². The van der Waals surface area contributed by atoms with Gasteiger partial charge < -0.3 is 11.1 Å². The Kier molecular flexibility index (Phi) is 5.38. The number of carbonyl (C=O) groups is 1. The minimum atomic E-state index is -0.675. The summed E-state index contributed by atoms with van der Waals surface area (Å²) in [5, 5.41) is 4.25. The lowest BCUT2D eigenvalue weighted by Gasteiger charge is -2.28. The van der Waals surface area contributed by atoms with Crippen molar-refractivity contribution in [2.45, 2.75) is 49.9 Å². The van der Waals surface area contributed by atoms with Gasteiger partial charge in [-0.25, -0.2) is 4.98 Å². The molecule has 106 valence electrons. The predicted octanol–water partition coefficient (Wildman–Crippen LogP) is 2.03. The third-order valence-corrected chi connectivity index (χ3v) is 4.21. The maximum atomic E-state index is 11.5. The van der Waals surface area contributed by atoms with E-state index in [1.807, 2.05) is 13.8 Å². The lowest BCUT2D eigenvalue weighted by atomic mass is 9.95. The lowest BCUT2D eigenvalue weighted by Crippen LogP contribution is -2.52. The van der Waals surface area contributed by atoms with Crippen LogP contribution in [0.15, 0.2) is 17.2 Å². The summed E-state index contributed by atoms with van der Waals surface area (Å²) >= 11 is 1.67. The maximum absolute atomic E-state index is 11.5. The summed E-state index contributed by atoms with van der Waals surface area (Å²) in [5.74, 6) is -0.323. The third kappa shape index (κ3) is 4.51. The predicted molar refractivity (Wildman–Crippen MR) is 80.3 cm³/mol. The standard InChI is InChI=1S/C14H23N3OS/c1-9-6-10(2)17-12(7-9)19-11(3)8-14(4,16-5)13(15)18/h6-7,11,16H,8H2,1-5H3,(H2,15,18). The van der Waals surface area contributed by atoms with Gasteiger partial charge in [-0.3, -0.25) is 4.79 Å². The molecule has 0 aliphatic heterocycles. The van der Waals surface area contributed by atoms with Gasteiger partial charge in [-0.1, -0.05) is 6.92 Å². The van der Waals surface area contributed by atoms with Crippen molar-refractivity contribution < 1.29 is 4.79 Å². The van der Waals surface area contributed by atoms with Crippen LogP contribution >= 0.6 is 11.8 Å². The zero-order valence-corrected chi connectivity index (χ0v) is 13.1. The molecule has 0 saturated heterocycles. The average molecular weight is 281 g/mol. The fraction of sp³-hybridized carbons (Fsp3) is 0.571. The summed E-state index contributed by atoms with van der Waals surface area (Å²) in [7, 11) is 1.76. The number of thioether (sulfide) groups is 1. The normalized spacial score (nSPS) is 15.8. The zero-order valence-electron chi connectivity index (χ0n) is 12.3. The number of aryl methyl sites for hydroxylation is 2. The average Bonchev–Trinajstić information content (AvgIpc) is 2.26. The smallest absolute Gasteiger partial charge is 0.237 e. The van der Waals surface area contributed by atoms with Crippen LogP contribution in [0, 0.1) is 13.8 Å². The molecule has 2 unspecified atom stereocenters. The van der Waals surface area contributed by atoms with Gasteiger partial charge in [-0.2, -0.15) is 0 Å². The molecule has 3 N–H and O–H groups in total. The first-order valence-corrected chi connectivity index (χ1v) is 7.25. The summed E-state index contributed by atoms with van der Waals surface area (Å²) in [5.41, 5.74) is 6.99. The van der Waals surface area contributed by atoms with Gasteiger partial charge in [-0.15, -0.1) is 11.8 Å². The van der Waals surface area contributed by atoms with E-state index in [4.69, 9.17) is 5.73 Å². The molecule has 0 aliphatic carbocycles. The molecule has 0 aromatic carbocycles. The number of nitrogens with zero attached hydrogens (tertiary/aromatic N) is 1. The monoisotopic (exact) mass is 281 g/mol. The van der Waals surface area contributed by atoms with E-state index in [1.54, 1.807) is 18.8 Å². The van der Waals surface area contributed by atoms with E-state index in [0.29, 0.717) is 6.42 Å². The van der Waals surface area contributed by atoms with E-state index >= 15 is 0 Å². The first kappa shape index (κ1) is 16.0.